The Labute approximate surface area is 359 Å². The van der Waals surface area contributed by atoms with E-state index >= 15 is 0 Å². The fraction of sp³-hybridized carbons (Fsp3) is 0.176. The van der Waals surface area contributed by atoms with Gasteiger partial charge in [0.2, 0.25) is 6.23 Å². The summed E-state index contributed by atoms with van der Waals surface area (Å²) in [6.45, 7) is 5.10. The van der Waals surface area contributed by atoms with Gasteiger partial charge in [0, 0.05) is 17.5 Å². The van der Waals surface area contributed by atoms with Crippen LogP contribution in [-0.4, -0.2) is 46.8 Å². The molecular weight excluding hydrogens is 777 g/mol. The van der Waals surface area contributed by atoms with Crippen LogP contribution in [0, 0.1) is 0 Å². The first kappa shape index (κ1) is 39.9. The van der Waals surface area contributed by atoms with Gasteiger partial charge >= 0.3 is 11.9 Å². The number of ether oxygens (including phenoxy) is 2. The van der Waals surface area contributed by atoms with Crippen LogP contribution in [0.25, 0.3) is 22.5 Å². The lowest BCUT2D eigenvalue weighted by Gasteiger charge is -2.36. The fourth-order valence-electron chi connectivity index (χ4n) is 8.59. The molecule has 0 aliphatic carbocycles. The van der Waals surface area contributed by atoms with Gasteiger partial charge in [0.05, 0.1) is 11.3 Å². The number of hydrogen-bond donors (Lipinski definition) is 1. The Hall–Kier alpha value is -7.50. The quantitative estimate of drug-likeness (QED) is 0.0892. The molecular formula is C51H44N6O5. The molecule has 3 heterocycles. The van der Waals surface area contributed by atoms with Gasteiger partial charge in [-0.1, -0.05) is 165 Å². The van der Waals surface area contributed by atoms with E-state index in [-0.39, 0.29) is 18.0 Å². The summed E-state index contributed by atoms with van der Waals surface area (Å²) in [5, 5.41) is 25.2. The Kier molecular flexibility index (Phi) is 10.6. The van der Waals surface area contributed by atoms with E-state index in [1.807, 2.05) is 127 Å². The zero-order chi connectivity index (χ0) is 42.8. The van der Waals surface area contributed by atoms with Crippen LogP contribution in [0.3, 0.4) is 0 Å². The number of fused-ring (bicyclic) bond motifs is 1. The van der Waals surface area contributed by atoms with Crippen molar-refractivity contribution in [2.24, 2.45) is 0 Å². The Morgan fingerprint density at radius 1 is 0.726 bits per heavy atom. The summed E-state index contributed by atoms with van der Waals surface area (Å²) < 4.78 is 15.3. The van der Waals surface area contributed by atoms with Crippen LogP contribution in [0.15, 0.2) is 164 Å². The molecule has 0 saturated heterocycles. The van der Waals surface area contributed by atoms with Gasteiger partial charge in [0.1, 0.15) is 23.6 Å². The molecule has 6 aromatic carbocycles. The smallest absolute Gasteiger partial charge is 0.359 e. The predicted molar refractivity (Wildman–Crippen MR) is 234 cm³/mol. The number of cyclic esters (lactones) is 1. The van der Waals surface area contributed by atoms with E-state index in [1.165, 1.54) is 0 Å². The highest BCUT2D eigenvalue weighted by Crippen LogP contribution is 2.44. The summed E-state index contributed by atoms with van der Waals surface area (Å²) in [4.78, 5) is 31.5. The first-order chi connectivity index (χ1) is 30.2. The fourth-order valence-corrected chi connectivity index (χ4v) is 8.59. The lowest BCUT2D eigenvalue weighted by Crippen LogP contribution is -2.39. The monoisotopic (exact) mass is 820 g/mol. The number of carbonyl (C=O) groups excluding carboxylic acids is 2. The second kappa shape index (κ2) is 16.5. The van der Waals surface area contributed by atoms with Crippen LogP contribution in [0.4, 0.5) is 0 Å². The molecule has 9 rings (SSSR count). The van der Waals surface area contributed by atoms with Gasteiger partial charge in [-0.05, 0) is 70.1 Å². The maximum Gasteiger partial charge on any atom is 0.359 e. The number of hydrogen-bond acceptors (Lipinski definition) is 9. The van der Waals surface area contributed by atoms with Gasteiger partial charge in [-0.15, -0.1) is 5.10 Å². The third kappa shape index (κ3) is 7.05. The number of carbonyl (C=O) groups is 2. The molecule has 0 spiro atoms. The molecule has 2 aromatic heterocycles. The van der Waals surface area contributed by atoms with E-state index in [4.69, 9.17) is 19.7 Å². The Morgan fingerprint density at radius 2 is 1.27 bits per heavy atom. The first-order valence-corrected chi connectivity index (χ1v) is 20.6. The number of esters is 2. The molecule has 0 amide bonds. The van der Waals surface area contributed by atoms with Crippen LogP contribution in [-0.2, 0) is 33.6 Å². The van der Waals surface area contributed by atoms with Crippen molar-refractivity contribution in [3.05, 3.63) is 214 Å². The van der Waals surface area contributed by atoms with Gasteiger partial charge < -0.3 is 14.6 Å². The molecule has 0 saturated carbocycles. The van der Waals surface area contributed by atoms with Crippen molar-refractivity contribution in [3.8, 4) is 22.5 Å². The number of aromatic nitrogens is 6. The second-order valence-electron chi connectivity index (χ2n) is 15.8. The maximum absolute atomic E-state index is 13.9. The molecule has 1 unspecified atom stereocenters. The number of aryl methyl sites for hydroxylation is 1. The molecule has 0 fully saturated rings. The van der Waals surface area contributed by atoms with E-state index in [2.05, 4.69) is 46.7 Å². The predicted octanol–water partition coefficient (Wildman–Crippen LogP) is 9.30. The minimum Gasteiger partial charge on any atom is -0.456 e. The molecule has 11 nitrogen and oxygen atoms in total. The number of benzene rings is 6. The molecule has 1 atom stereocenters. The Morgan fingerprint density at radius 3 is 1.85 bits per heavy atom. The topological polar surface area (TPSA) is 134 Å². The number of rotatable bonds is 13. The van der Waals surface area contributed by atoms with Crippen molar-refractivity contribution >= 4 is 11.9 Å². The molecule has 1 aliphatic rings. The molecule has 62 heavy (non-hydrogen) atoms. The molecule has 0 radical (unpaired) electrons. The maximum atomic E-state index is 13.9. The van der Waals surface area contributed by atoms with Crippen molar-refractivity contribution in [3.63, 3.8) is 0 Å². The van der Waals surface area contributed by atoms with Crippen LogP contribution in [0.2, 0.25) is 0 Å². The van der Waals surface area contributed by atoms with Crippen molar-refractivity contribution in [2.75, 3.05) is 0 Å². The number of imidazole rings is 1. The highest BCUT2D eigenvalue weighted by molar-refractivity contribution is 5.94. The van der Waals surface area contributed by atoms with Gasteiger partial charge in [-0.3, -0.25) is 4.57 Å². The zero-order valence-corrected chi connectivity index (χ0v) is 34.6. The lowest BCUT2D eigenvalue weighted by atomic mass is 9.77. The van der Waals surface area contributed by atoms with Crippen LogP contribution in [0.1, 0.15) is 93.6 Å². The minimum atomic E-state index is -1.53. The SMILES string of the molecule is CCCc1nc(C(=O)OCc2ccc(-c3ccccc3-c3nnnn3C(c3ccccc3)(c3ccccc3)c3ccccc3)cc2)c(C(C)(C)O)n1C1OC(=O)c2ccccc21. The van der Waals surface area contributed by atoms with Crippen LogP contribution >= 0.6 is 0 Å². The van der Waals surface area contributed by atoms with E-state index < -0.39 is 29.3 Å². The normalized spacial score (nSPS) is 13.7. The van der Waals surface area contributed by atoms with Gasteiger partial charge in [-0.2, -0.15) is 0 Å². The molecule has 308 valence electrons. The number of tetrazole rings is 1. The van der Waals surface area contributed by atoms with E-state index in [9.17, 15) is 14.7 Å². The average Bonchev–Trinajstić information content (AvgIpc) is 4.04. The largest absolute Gasteiger partial charge is 0.456 e. The van der Waals surface area contributed by atoms with Crippen molar-refractivity contribution in [2.45, 2.75) is 57.6 Å². The molecule has 0 bridgehead atoms. The summed E-state index contributed by atoms with van der Waals surface area (Å²) in [5.74, 6) is -0.0862. The Balaban J connectivity index is 1.04. The van der Waals surface area contributed by atoms with Crippen molar-refractivity contribution in [1.82, 2.24) is 29.8 Å². The van der Waals surface area contributed by atoms with Gasteiger partial charge in [0.25, 0.3) is 0 Å². The summed E-state index contributed by atoms with van der Waals surface area (Å²) in [6, 6.07) is 53.8. The minimum absolute atomic E-state index is 0.0257. The van der Waals surface area contributed by atoms with Crippen molar-refractivity contribution in [1.29, 1.82) is 0 Å². The van der Waals surface area contributed by atoms with Crippen LogP contribution in [0.5, 0.6) is 0 Å². The lowest BCUT2D eigenvalue weighted by molar-refractivity contribution is 0.0205. The van der Waals surface area contributed by atoms with E-state index in [1.54, 1.807) is 30.5 Å². The molecule has 11 heteroatoms. The first-order valence-electron chi connectivity index (χ1n) is 20.6. The summed E-state index contributed by atoms with van der Waals surface area (Å²) in [6.07, 6.45) is 0.299. The molecule has 1 N–H and O–H groups in total. The average molecular weight is 821 g/mol. The van der Waals surface area contributed by atoms with Crippen LogP contribution < -0.4 is 0 Å². The van der Waals surface area contributed by atoms with Gasteiger partial charge in [0.15, 0.2) is 11.5 Å². The highest BCUT2D eigenvalue weighted by atomic mass is 16.6. The second-order valence-corrected chi connectivity index (χ2v) is 15.8. The summed E-state index contributed by atoms with van der Waals surface area (Å²) in [7, 11) is 0. The third-order valence-corrected chi connectivity index (χ3v) is 11.3. The summed E-state index contributed by atoms with van der Waals surface area (Å²) >= 11 is 0. The zero-order valence-electron chi connectivity index (χ0n) is 34.6. The summed E-state index contributed by atoms with van der Waals surface area (Å²) in [5.41, 5.74) is 5.20. The third-order valence-electron chi connectivity index (χ3n) is 11.3. The standard InChI is InChI=1S/C51H44N6O5/c1-4-18-43-52-44(45(50(2,3)60)56(43)47-41-27-16-17-28-42(41)48(58)62-47)49(59)61-33-34-29-31-35(32-30-34)39-25-14-15-26-40(39)46-53-54-55-57(46)51(36-19-8-5-9-20-36,37-21-10-6-11-22-37)38-23-12-7-13-24-38/h5-17,19-32,47,60H,4,18,33H2,1-3H3. The van der Waals surface area contributed by atoms with E-state index in [0.29, 0.717) is 35.6 Å². The van der Waals surface area contributed by atoms with E-state index in [0.717, 1.165) is 38.9 Å². The molecule has 1 aliphatic heterocycles. The van der Waals surface area contributed by atoms with Gasteiger partial charge in [-0.25, -0.2) is 19.3 Å². The molecule has 8 aromatic rings. The number of nitrogens with zero attached hydrogens (tertiary/aromatic N) is 6. The van der Waals surface area contributed by atoms with Crippen molar-refractivity contribution < 1.29 is 24.2 Å². The highest BCUT2D eigenvalue weighted by Gasteiger charge is 2.43. The number of aliphatic hydroxyl groups is 1. The Bertz CT molecular complexity index is 2770.